The van der Waals surface area contributed by atoms with Crippen LogP contribution in [0.2, 0.25) is 10.0 Å². The van der Waals surface area contributed by atoms with Gasteiger partial charge in [0.15, 0.2) is 0 Å². The number of aromatic nitrogens is 2. The quantitative estimate of drug-likeness (QED) is 0.319. The maximum absolute atomic E-state index is 12.8. The van der Waals surface area contributed by atoms with Crippen LogP contribution in [-0.2, 0) is 17.8 Å². The van der Waals surface area contributed by atoms with E-state index in [0.717, 1.165) is 30.0 Å². The lowest BCUT2D eigenvalue weighted by Crippen LogP contribution is -2.49. The lowest BCUT2D eigenvalue weighted by Gasteiger charge is -2.36. The highest BCUT2D eigenvalue weighted by atomic mass is 35.5. The predicted octanol–water partition coefficient (Wildman–Crippen LogP) is 5.95. The third-order valence-electron chi connectivity index (χ3n) is 6.50. The number of anilines is 2. The number of carbonyl (C=O) groups is 1. The second-order valence-corrected chi connectivity index (χ2v) is 9.71. The fourth-order valence-electron chi connectivity index (χ4n) is 4.40. The molecule has 1 fully saturated rings. The molecular weight excluding hydrogens is 505 g/mol. The van der Waals surface area contributed by atoms with Gasteiger partial charge in [0.25, 0.3) is 0 Å². The Kier molecular flexibility index (Phi) is 7.87. The van der Waals surface area contributed by atoms with Gasteiger partial charge in [0.1, 0.15) is 0 Å². The van der Waals surface area contributed by atoms with Crippen molar-refractivity contribution in [2.75, 3.05) is 36.4 Å². The minimum absolute atomic E-state index is 0.0467. The Morgan fingerprint density at radius 1 is 0.838 bits per heavy atom. The first-order valence-corrected chi connectivity index (χ1v) is 13.0. The molecule has 1 aromatic heterocycles. The first-order chi connectivity index (χ1) is 18.1. The summed E-state index contributed by atoms with van der Waals surface area (Å²) in [6, 6.07) is 25.8. The number of amides is 1. The average Bonchev–Trinajstić information content (AvgIpc) is 2.95. The molecule has 188 valence electrons. The summed E-state index contributed by atoms with van der Waals surface area (Å²) in [7, 11) is 0. The highest BCUT2D eigenvalue weighted by Crippen LogP contribution is 2.26. The molecule has 1 aliphatic heterocycles. The molecule has 0 spiro atoms. The molecule has 8 heteroatoms. The van der Waals surface area contributed by atoms with Gasteiger partial charge < -0.3 is 15.1 Å². The number of nitrogens with zero attached hydrogens (tertiary/aromatic N) is 4. The van der Waals surface area contributed by atoms with Crippen LogP contribution in [0, 0.1) is 0 Å². The first-order valence-electron chi connectivity index (χ1n) is 12.2. The number of nitrogens with one attached hydrogen (secondary N) is 1. The van der Waals surface area contributed by atoms with Crippen LogP contribution >= 0.6 is 23.2 Å². The Bertz CT molecular complexity index is 1340. The molecule has 5 rings (SSSR count). The molecule has 1 amide bonds. The lowest BCUT2D eigenvalue weighted by molar-refractivity contribution is -0.130. The zero-order chi connectivity index (χ0) is 25.6. The normalized spacial score (nSPS) is 13.5. The van der Waals surface area contributed by atoms with Crippen LogP contribution in [0.5, 0.6) is 0 Å². The van der Waals surface area contributed by atoms with Crippen molar-refractivity contribution in [2.24, 2.45) is 0 Å². The second-order valence-electron chi connectivity index (χ2n) is 8.90. The van der Waals surface area contributed by atoms with Crippen molar-refractivity contribution < 1.29 is 4.79 Å². The SMILES string of the molecule is O=C(Cc1c(Cl)cccc1Cl)N1CCN(c2ccc(-c3ccnc(NCc4ccccc4)n3)cc2)CC1. The molecule has 2 heterocycles. The van der Waals surface area contributed by atoms with E-state index in [1.54, 1.807) is 24.4 Å². The molecule has 3 aromatic carbocycles. The smallest absolute Gasteiger partial charge is 0.227 e. The highest BCUT2D eigenvalue weighted by Gasteiger charge is 2.23. The van der Waals surface area contributed by atoms with E-state index < -0.39 is 0 Å². The van der Waals surface area contributed by atoms with Gasteiger partial charge in [0.05, 0.1) is 12.1 Å². The van der Waals surface area contributed by atoms with Crippen LogP contribution in [0.4, 0.5) is 11.6 Å². The molecular formula is C29H27Cl2N5O. The van der Waals surface area contributed by atoms with E-state index in [4.69, 9.17) is 23.2 Å². The number of hydrogen-bond acceptors (Lipinski definition) is 5. The molecule has 4 aromatic rings. The fourth-order valence-corrected chi connectivity index (χ4v) is 4.93. The summed E-state index contributed by atoms with van der Waals surface area (Å²) in [5.41, 5.74) is 4.89. The summed E-state index contributed by atoms with van der Waals surface area (Å²) >= 11 is 12.5. The van der Waals surface area contributed by atoms with Crippen molar-refractivity contribution in [3.8, 4) is 11.3 Å². The molecule has 0 atom stereocenters. The largest absolute Gasteiger partial charge is 0.368 e. The zero-order valence-electron chi connectivity index (χ0n) is 20.3. The van der Waals surface area contributed by atoms with Gasteiger partial charge in [0, 0.05) is 60.2 Å². The maximum atomic E-state index is 12.8. The number of hydrogen-bond donors (Lipinski definition) is 1. The van der Waals surface area contributed by atoms with E-state index in [-0.39, 0.29) is 12.3 Å². The topological polar surface area (TPSA) is 61.4 Å². The third kappa shape index (κ3) is 6.21. The Morgan fingerprint density at radius 2 is 1.54 bits per heavy atom. The van der Waals surface area contributed by atoms with Gasteiger partial charge in [-0.3, -0.25) is 4.79 Å². The van der Waals surface area contributed by atoms with Gasteiger partial charge in [-0.1, -0.05) is 71.7 Å². The molecule has 0 bridgehead atoms. The van der Waals surface area contributed by atoms with Crippen LogP contribution in [-0.4, -0.2) is 47.0 Å². The number of piperazine rings is 1. The summed E-state index contributed by atoms with van der Waals surface area (Å²) in [5, 5.41) is 4.35. The molecule has 1 aliphatic rings. The zero-order valence-corrected chi connectivity index (χ0v) is 21.8. The highest BCUT2D eigenvalue weighted by molar-refractivity contribution is 6.36. The van der Waals surface area contributed by atoms with E-state index in [9.17, 15) is 4.79 Å². The molecule has 6 nitrogen and oxygen atoms in total. The first kappa shape index (κ1) is 25.1. The Balaban J connectivity index is 1.17. The van der Waals surface area contributed by atoms with Gasteiger partial charge in [-0.05, 0) is 41.5 Å². The minimum atomic E-state index is 0.0467. The number of halogens is 2. The van der Waals surface area contributed by atoms with Gasteiger partial charge in [-0.15, -0.1) is 0 Å². The molecule has 1 saturated heterocycles. The molecule has 1 N–H and O–H groups in total. The van der Waals surface area contributed by atoms with Gasteiger partial charge in [-0.2, -0.15) is 0 Å². The van der Waals surface area contributed by atoms with E-state index >= 15 is 0 Å². The molecule has 0 unspecified atom stereocenters. The van der Waals surface area contributed by atoms with Crippen LogP contribution in [0.1, 0.15) is 11.1 Å². The van der Waals surface area contributed by atoms with Crippen molar-refractivity contribution in [3.05, 3.63) is 106 Å². The van der Waals surface area contributed by atoms with E-state index in [2.05, 4.69) is 56.6 Å². The van der Waals surface area contributed by atoms with Gasteiger partial charge >= 0.3 is 0 Å². The summed E-state index contributed by atoms with van der Waals surface area (Å²) < 4.78 is 0. The average molecular weight is 532 g/mol. The van der Waals surface area contributed by atoms with Crippen molar-refractivity contribution >= 4 is 40.7 Å². The Labute approximate surface area is 226 Å². The monoisotopic (exact) mass is 531 g/mol. The van der Waals surface area contributed by atoms with Crippen molar-refractivity contribution in [2.45, 2.75) is 13.0 Å². The van der Waals surface area contributed by atoms with Crippen LogP contribution < -0.4 is 10.2 Å². The summed E-state index contributed by atoms with van der Waals surface area (Å²) in [5.74, 6) is 0.648. The van der Waals surface area contributed by atoms with E-state index in [0.29, 0.717) is 41.2 Å². The lowest BCUT2D eigenvalue weighted by atomic mass is 10.1. The van der Waals surface area contributed by atoms with Crippen molar-refractivity contribution in [1.29, 1.82) is 0 Å². The Hall–Kier alpha value is -3.61. The van der Waals surface area contributed by atoms with Crippen LogP contribution in [0.3, 0.4) is 0 Å². The van der Waals surface area contributed by atoms with Gasteiger partial charge in [0.2, 0.25) is 11.9 Å². The predicted molar refractivity (Wildman–Crippen MR) is 150 cm³/mol. The molecule has 37 heavy (non-hydrogen) atoms. The summed E-state index contributed by atoms with van der Waals surface area (Å²) in [6.07, 6.45) is 1.99. The molecule has 0 aliphatic carbocycles. The second kappa shape index (κ2) is 11.6. The Morgan fingerprint density at radius 3 is 2.24 bits per heavy atom. The standard InChI is InChI=1S/C29H27Cl2N5O/c30-25-7-4-8-26(31)24(25)19-28(37)36-17-15-35(16-18-36)23-11-9-22(10-12-23)27-13-14-32-29(34-27)33-20-21-5-2-1-3-6-21/h1-14H,15-20H2,(H,32,33,34). The fraction of sp³-hybridized carbons (Fsp3) is 0.207. The van der Waals surface area contributed by atoms with Crippen molar-refractivity contribution in [3.63, 3.8) is 0 Å². The summed E-state index contributed by atoms with van der Waals surface area (Å²) in [6.45, 7) is 3.52. The maximum Gasteiger partial charge on any atom is 0.227 e. The molecule has 0 radical (unpaired) electrons. The van der Waals surface area contributed by atoms with E-state index in [1.807, 2.05) is 29.2 Å². The number of benzene rings is 3. The number of carbonyl (C=O) groups excluding carboxylic acids is 1. The third-order valence-corrected chi connectivity index (χ3v) is 7.21. The van der Waals surface area contributed by atoms with Gasteiger partial charge in [-0.25, -0.2) is 9.97 Å². The minimum Gasteiger partial charge on any atom is -0.368 e. The number of rotatable bonds is 7. The van der Waals surface area contributed by atoms with E-state index in [1.165, 1.54) is 5.56 Å². The summed E-state index contributed by atoms with van der Waals surface area (Å²) in [4.78, 5) is 26.1. The van der Waals surface area contributed by atoms with Crippen LogP contribution in [0.25, 0.3) is 11.3 Å². The molecule has 0 saturated carbocycles. The van der Waals surface area contributed by atoms with Crippen LogP contribution in [0.15, 0.2) is 85.1 Å². The van der Waals surface area contributed by atoms with Crippen molar-refractivity contribution in [1.82, 2.24) is 14.9 Å².